The fraction of sp³-hybridized carbons (Fsp3) is 0.583. The molecule has 2 heteroatoms. The summed E-state index contributed by atoms with van der Waals surface area (Å²) < 4.78 is 0. The molecule has 0 spiro atoms. The van der Waals surface area contributed by atoms with E-state index in [0.717, 1.165) is 19.3 Å². The minimum absolute atomic E-state index is 0.221. The molecule has 0 bridgehead atoms. The molecular formula is C12H18OS. The monoisotopic (exact) mass is 210 g/mol. The van der Waals surface area contributed by atoms with Crippen LogP contribution in [-0.4, -0.2) is 5.78 Å². The highest BCUT2D eigenvalue weighted by Crippen LogP contribution is 2.21. The SMILES string of the molecule is CCc1ccc(CC(CC)C(C)=O)s1. The first-order chi connectivity index (χ1) is 6.67. The van der Waals surface area contributed by atoms with E-state index in [4.69, 9.17) is 0 Å². The zero-order valence-electron chi connectivity index (χ0n) is 9.17. The molecule has 1 unspecified atom stereocenters. The molecule has 78 valence electrons. The Morgan fingerprint density at radius 3 is 2.43 bits per heavy atom. The Labute approximate surface area is 90.2 Å². The smallest absolute Gasteiger partial charge is 0.133 e. The Kier molecular flexibility index (Phi) is 4.33. The van der Waals surface area contributed by atoms with Crippen LogP contribution in [0.3, 0.4) is 0 Å². The quantitative estimate of drug-likeness (QED) is 0.727. The molecule has 1 aromatic heterocycles. The second kappa shape index (κ2) is 5.30. The lowest BCUT2D eigenvalue weighted by atomic mass is 9.97. The van der Waals surface area contributed by atoms with Crippen LogP contribution in [0.15, 0.2) is 12.1 Å². The van der Waals surface area contributed by atoms with Crippen molar-refractivity contribution in [3.63, 3.8) is 0 Å². The molecule has 0 aromatic carbocycles. The Morgan fingerprint density at radius 1 is 1.36 bits per heavy atom. The number of aryl methyl sites for hydroxylation is 1. The normalized spacial score (nSPS) is 12.8. The number of rotatable bonds is 5. The van der Waals surface area contributed by atoms with E-state index in [-0.39, 0.29) is 5.92 Å². The Hall–Kier alpha value is -0.630. The Bertz CT molecular complexity index is 301. The Morgan fingerprint density at radius 2 is 2.00 bits per heavy atom. The van der Waals surface area contributed by atoms with Crippen LogP contribution < -0.4 is 0 Å². The van der Waals surface area contributed by atoms with Gasteiger partial charge >= 0.3 is 0 Å². The third-order valence-corrected chi connectivity index (χ3v) is 3.83. The maximum absolute atomic E-state index is 11.3. The van der Waals surface area contributed by atoms with Crippen molar-refractivity contribution in [2.24, 2.45) is 5.92 Å². The fourth-order valence-electron chi connectivity index (χ4n) is 1.54. The van der Waals surface area contributed by atoms with E-state index >= 15 is 0 Å². The first-order valence-electron chi connectivity index (χ1n) is 5.25. The molecule has 0 aliphatic heterocycles. The summed E-state index contributed by atoms with van der Waals surface area (Å²) in [5, 5.41) is 0. The van der Waals surface area contributed by atoms with Gasteiger partial charge < -0.3 is 0 Å². The van der Waals surface area contributed by atoms with Crippen LogP contribution in [0.2, 0.25) is 0 Å². The maximum atomic E-state index is 11.3. The number of ketones is 1. The van der Waals surface area contributed by atoms with E-state index in [1.165, 1.54) is 9.75 Å². The predicted octanol–water partition coefficient (Wildman–Crippen LogP) is 3.47. The van der Waals surface area contributed by atoms with Crippen molar-refractivity contribution in [1.29, 1.82) is 0 Å². The summed E-state index contributed by atoms with van der Waals surface area (Å²) in [7, 11) is 0. The average Bonchev–Trinajstić information content (AvgIpc) is 2.61. The van der Waals surface area contributed by atoms with Crippen LogP contribution in [0.5, 0.6) is 0 Å². The van der Waals surface area contributed by atoms with Gasteiger partial charge in [0.2, 0.25) is 0 Å². The van der Waals surface area contributed by atoms with E-state index in [1.54, 1.807) is 6.92 Å². The lowest BCUT2D eigenvalue weighted by Crippen LogP contribution is -2.11. The summed E-state index contributed by atoms with van der Waals surface area (Å²) in [4.78, 5) is 14.0. The van der Waals surface area contributed by atoms with Crippen molar-refractivity contribution in [1.82, 2.24) is 0 Å². The molecule has 0 aliphatic carbocycles. The first-order valence-corrected chi connectivity index (χ1v) is 6.07. The lowest BCUT2D eigenvalue weighted by molar-refractivity contribution is -0.120. The van der Waals surface area contributed by atoms with Gasteiger partial charge in [0, 0.05) is 15.7 Å². The zero-order valence-corrected chi connectivity index (χ0v) is 9.99. The predicted molar refractivity (Wildman–Crippen MR) is 61.9 cm³/mol. The van der Waals surface area contributed by atoms with Crippen LogP contribution in [-0.2, 0) is 17.6 Å². The van der Waals surface area contributed by atoms with Crippen LogP contribution in [0.25, 0.3) is 0 Å². The van der Waals surface area contributed by atoms with Crippen molar-refractivity contribution in [3.05, 3.63) is 21.9 Å². The maximum Gasteiger partial charge on any atom is 0.133 e. The van der Waals surface area contributed by atoms with Crippen molar-refractivity contribution in [3.8, 4) is 0 Å². The highest BCUT2D eigenvalue weighted by atomic mass is 32.1. The molecule has 0 N–H and O–H groups in total. The molecule has 0 aliphatic rings. The van der Waals surface area contributed by atoms with Crippen LogP contribution >= 0.6 is 11.3 Å². The van der Waals surface area contributed by atoms with E-state index in [1.807, 2.05) is 11.3 Å². The van der Waals surface area contributed by atoms with Gasteiger partial charge in [-0.3, -0.25) is 4.79 Å². The molecule has 0 radical (unpaired) electrons. The second-order valence-electron chi connectivity index (χ2n) is 3.64. The van der Waals surface area contributed by atoms with Crippen LogP contribution in [0.1, 0.15) is 36.9 Å². The highest BCUT2D eigenvalue weighted by molar-refractivity contribution is 7.11. The standard InChI is InChI=1S/C12H18OS/c1-4-10(9(3)13)8-12-7-6-11(5-2)14-12/h6-7,10H,4-5,8H2,1-3H3. The van der Waals surface area contributed by atoms with Gasteiger partial charge in [0.15, 0.2) is 0 Å². The number of carbonyl (C=O) groups excluding carboxylic acids is 1. The van der Waals surface area contributed by atoms with Crippen LogP contribution in [0, 0.1) is 5.92 Å². The second-order valence-corrected chi connectivity index (χ2v) is 4.89. The summed E-state index contributed by atoms with van der Waals surface area (Å²) >= 11 is 1.84. The van der Waals surface area contributed by atoms with Gasteiger partial charge in [-0.2, -0.15) is 0 Å². The number of carbonyl (C=O) groups is 1. The Balaban J connectivity index is 2.62. The molecule has 1 aromatic rings. The molecule has 1 atom stereocenters. The van der Waals surface area contributed by atoms with Gasteiger partial charge in [-0.25, -0.2) is 0 Å². The van der Waals surface area contributed by atoms with Gasteiger partial charge in [-0.15, -0.1) is 11.3 Å². The molecule has 14 heavy (non-hydrogen) atoms. The van der Waals surface area contributed by atoms with Gasteiger partial charge in [0.1, 0.15) is 5.78 Å². The average molecular weight is 210 g/mol. The molecule has 1 heterocycles. The van der Waals surface area contributed by atoms with Crippen molar-refractivity contribution < 1.29 is 4.79 Å². The minimum Gasteiger partial charge on any atom is -0.300 e. The van der Waals surface area contributed by atoms with Gasteiger partial charge in [-0.1, -0.05) is 13.8 Å². The zero-order chi connectivity index (χ0) is 10.6. The number of Topliss-reactive ketones (excluding diaryl/α,β-unsaturated/α-hetero) is 1. The summed E-state index contributed by atoms with van der Waals surface area (Å²) in [5.74, 6) is 0.539. The minimum atomic E-state index is 0.221. The summed E-state index contributed by atoms with van der Waals surface area (Å²) in [6.07, 6.45) is 2.98. The van der Waals surface area contributed by atoms with E-state index < -0.39 is 0 Å². The number of hydrogen-bond acceptors (Lipinski definition) is 2. The third kappa shape index (κ3) is 2.95. The van der Waals surface area contributed by atoms with Gasteiger partial charge in [-0.05, 0) is 38.3 Å². The summed E-state index contributed by atoms with van der Waals surface area (Å²) in [5.41, 5.74) is 0. The van der Waals surface area contributed by atoms with Gasteiger partial charge in [0.25, 0.3) is 0 Å². The van der Waals surface area contributed by atoms with Crippen molar-refractivity contribution >= 4 is 17.1 Å². The lowest BCUT2D eigenvalue weighted by Gasteiger charge is -2.08. The topological polar surface area (TPSA) is 17.1 Å². The van der Waals surface area contributed by atoms with Gasteiger partial charge in [0.05, 0.1) is 0 Å². The molecular weight excluding hydrogens is 192 g/mol. The fourth-order valence-corrected chi connectivity index (χ4v) is 2.58. The summed E-state index contributed by atoms with van der Waals surface area (Å²) in [6, 6.07) is 4.34. The first kappa shape index (κ1) is 11.4. The van der Waals surface area contributed by atoms with E-state index in [0.29, 0.717) is 5.78 Å². The number of hydrogen-bond donors (Lipinski definition) is 0. The van der Waals surface area contributed by atoms with E-state index in [2.05, 4.69) is 26.0 Å². The van der Waals surface area contributed by atoms with Crippen molar-refractivity contribution in [2.75, 3.05) is 0 Å². The van der Waals surface area contributed by atoms with Crippen LogP contribution in [0.4, 0.5) is 0 Å². The van der Waals surface area contributed by atoms with Crippen molar-refractivity contribution in [2.45, 2.75) is 40.0 Å². The van der Waals surface area contributed by atoms with E-state index in [9.17, 15) is 4.79 Å². The highest BCUT2D eigenvalue weighted by Gasteiger charge is 2.13. The molecule has 0 saturated heterocycles. The third-order valence-electron chi connectivity index (χ3n) is 2.58. The summed E-state index contributed by atoms with van der Waals surface area (Å²) in [6.45, 7) is 5.95. The molecule has 1 rings (SSSR count). The molecule has 0 fully saturated rings. The molecule has 0 amide bonds. The molecule has 1 nitrogen and oxygen atoms in total. The largest absolute Gasteiger partial charge is 0.300 e. The molecule has 0 saturated carbocycles. The number of thiophene rings is 1.